The molecule has 5 heteroatoms. The quantitative estimate of drug-likeness (QED) is 0.527. The van der Waals surface area contributed by atoms with E-state index in [1.165, 1.54) is 0 Å². The van der Waals surface area contributed by atoms with Crippen molar-refractivity contribution in [2.45, 2.75) is 24.9 Å². The number of hydrogen-bond acceptors (Lipinski definition) is 2. The van der Waals surface area contributed by atoms with E-state index < -0.39 is 0 Å². The van der Waals surface area contributed by atoms with Gasteiger partial charge in [-0.15, -0.1) is 0 Å². The van der Waals surface area contributed by atoms with Crippen LogP contribution in [-0.4, -0.2) is 23.0 Å². The summed E-state index contributed by atoms with van der Waals surface area (Å²) in [4.78, 5) is 0. The predicted molar refractivity (Wildman–Crippen MR) is 32.4 cm³/mol. The van der Waals surface area contributed by atoms with Gasteiger partial charge in [-0.25, -0.2) is 0 Å². The molecule has 0 unspecified atom stereocenters. The van der Waals surface area contributed by atoms with E-state index in [2.05, 4.69) is 0 Å². The van der Waals surface area contributed by atoms with Crippen LogP contribution in [0.15, 0.2) is 0 Å². The summed E-state index contributed by atoms with van der Waals surface area (Å²) in [6.07, 6.45) is 2.25. The summed E-state index contributed by atoms with van der Waals surface area (Å²) < 4.78 is 0. The molecular formula is C4H14N2O2Pt. The van der Waals surface area contributed by atoms with Crippen LogP contribution in [0.2, 0.25) is 0 Å². The first-order valence-corrected chi connectivity index (χ1v) is 2.32. The largest absolute Gasteiger partial charge is 0.412 e. The molecule has 2 atom stereocenters. The molecule has 0 spiro atoms. The maximum absolute atomic E-state index is 5.40. The van der Waals surface area contributed by atoms with Gasteiger partial charge < -0.3 is 22.4 Å². The van der Waals surface area contributed by atoms with Gasteiger partial charge in [-0.2, -0.15) is 0 Å². The Morgan fingerprint density at radius 3 is 1.11 bits per heavy atom. The third-order valence-corrected chi connectivity index (χ3v) is 1.38. The topological polar surface area (TPSA) is 115 Å². The molecule has 4 nitrogen and oxygen atoms in total. The van der Waals surface area contributed by atoms with Gasteiger partial charge in [-0.3, -0.25) is 0 Å². The van der Waals surface area contributed by atoms with Crippen molar-refractivity contribution >= 4 is 0 Å². The van der Waals surface area contributed by atoms with Gasteiger partial charge in [-0.05, 0) is 12.8 Å². The Morgan fingerprint density at radius 2 is 1.11 bits per heavy atom. The van der Waals surface area contributed by atoms with Crippen molar-refractivity contribution in [3.05, 3.63) is 0 Å². The second kappa shape index (κ2) is 6.65. The average molecular weight is 317 g/mol. The molecule has 1 rings (SSSR count). The van der Waals surface area contributed by atoms with Crippen LogP contribution in [0.25, 0.3) is 0 Å². The summed E-state index contributed by atoms with van der Waals surface area (Å²) >= 11 is 0. The number of hydrogen-bond donors (Lipinski definition) is 2. The maximum atomic E-state index is 5.40. The molecule has 0 heterocycles. The summed E-state index contributed by atoms with van der Waals surface area (Å²) in [6.45, 7) is 0. The van der Waals surface area contributed by atoms with Crippen molar-refractivity contribution in [1.82, 2.24) is 0 Å². The fourth-order valence-electron chi connectivity index (χ4n) is 0.552. The molecular weight excluding hydrogens is 303 g/mol. The first kappa shape index (κ1) is 16.3. The summed E-state index contributed by atoms with van der Waals surface area (Å²) in [5.41, 5.74) is 10.8. The fraction of sp³-hybridized carbons (Fsp3) is 1.00. The van der Waals surface area contributed by atoms with E-state index in [9.17, 15) is 0 Å². The zero-order chi connectivity index (χ0) is 4.57. The van der Waals surface area contributed by atoms with Gasteiger partial charge in [0.2, 0.25) is 0 Å². The number of nitrogens with two attached hydrogens (primary N) is 2. The van der Waals surface area contributed by atoms with Crippen LogP contribution >= 0.6 is 0 Å². The molecule has 0 amide bonds. The molecule has 0 saturated heterocycles. The molecule has 0 aliphatic heterocycles. The zero-order valence-electron chi connectivity index (χ0n) is 5.04. The maximum Gasteiger partial charge on any atom is 0.0192 e. The van der Waals surface area contributed by atoms with E-state index in [-0.39, 0.29) is 32.0 Å². The number of rotatable bonds is 0. The molecule has 0 aromatic carbocycles. The van der Waals surface area contributed by atoms with E-state index in [1.54, 1.807) is 0 Å². The van der Waals surface area contributed by atoms with Gasteiger partial charge >= 0.3 is 0 Å². The Kier molecular flexibility index (Phi) is 12.0. The normalized spacial score (nSPS) is 30.0. The standard InChI is InChI=1S/C4H10N2.2H2O.Pt/c5-3-1-2-4(3)6;;;/h3-4H,1-2,5-6H2;2*1H2;/t3-,4-;;;/m1.../s1. The molecule has 0 bridgehead atoms. The minimum absolute atomic E-state index is 0. The van der Waals surface area contributed by atoms with Crippen molar-refractivity contribution in [2.75, 3.05) is 0 Å². The van der Waals surface area contributed by atoms with Gasteiger partial charge in [0.15, 0.2) is 0 Å². The Bertz CT molecular complexity index is 56.5. The third-order valence-electron chi connectivity index (χ3n) is 1.38. The molecule has 9 heavy (non-hydrogen) atoms. The average Bonchev–Trinajstić information content (AvgIpc) is 1.61. The van der Waals surface area contributed by atoms with Gasteiger partial charge in [0.25, 0.3) is 0 Å². The van der Waals surface area contributed by atoms with Gasteiger partial charge in [0.1, 0.15) is 0 Å². The molecule has 0 aromatic heterocycles. The van der Waals surface area contributed by atoms with Crippen molar-refractivity contribution in [2.24, 2.45) is 11.5 Å². The Hall–Kier alpha value is 0.528. The molecule has 8 N–H and O–H groups in total. The predicted octanol–water partition coefficient (Wildman–Crippen LogP) is -2.22. The van der Waals surface area contributed by atoms with Crippen LogP contribution in [0.4, 0.5) is 0 Å². The molecule has 0 aromatic rings. The molecule has 1 saturated carbocycles. The molecule has 1 aliphatic rings. The minimum Gasteiger partial charge on any atom is -0.412 e. The van der Waals surface area contributed by atoms with Crippen molar-refractivity contribution in [3.63, 3.8) is 0 Å². The SMILES string of the molecule is N[C@@H]1CC[C@H]1N.O.O.[Pt]. The van der Waals surface area contributed by atoms with E-state index in [0.29, 0.717) is 12.1 Å². The van der Waals surface area contributed by atoms with Crippen LogP contribution in [0.1, 0.15) is 12.8 Å². The van der Waals surface area contributed by atoms with Crippen LogP contribution in [-0.2, 0) is 21.1 Å². The zero-order valence-corrected chi connectivity index (χ0v) is 7.31. The first-order chi connectivity index (χ1) is 2.80. The van der Waals surface area contributed by atoms with E-state index in [4.69, 9.17) is 11.5 Å². The van der Waals surface area contributed by atoms with Gasteiger partial charge in [0, 0.05) is 33.1 Å². The monoisotopic (exact) mass is 317 g/mol. The molecule has 0 radical (unpaired) electrons. The van der Waals surface area contributed by atoms with Crippen LogP contribution < -0.4 is 11.5 Å². The summed E-state index contributed by atoms with van der Waals surface area (Å²) in [5, 5.41) is 0. The summed E-state index contributed by atoms with van der Waals surface area (Å²) in [7, 11) is 0. The van der Waals surface area contributed by atoms with E-state index in [0.717, 1.165) is 12.8 Å². The Labute approximate surface area is 68.9 Å². The van der Waals surface area contributed by atoms with Crippen LogP contribution in [0.5, 0.6) is 0 Å². The van der Waals surface area contributed by atoms with E-state index in [1.807, 2.05) is 0 Å². The molecule has 62 valence electrons. The van der Waals surface area contributed by atoms with Crippen LogP contribution in [0, 0.1) is 0 Å². The van der Waals surface area contributed by atoms with E-state index >= 15 is 0 Å². The second-order valence-electron chi connectivity index (χ2n) is 1.91. The smallest absolute Gasteiger partial charge is 0.0192 e. The van der Waals surface area contributed by atoms with Gasteiger partial charge in [0.05, 0.1) is 0 Å². The van der Waals surface area contributed by atoms with Crippen molar-refractivity contribution in [3.8, 4) is 0 Å². The van der Waals surface area contributed by atoms with Crippen molar-refractivity contribution in [1.29, 1.82) is 0 Å². The molecule has 1 fully saturated rings. The minimum atomic E-state index is 0. The first-order valence-electron chi connectivity index (χ1n) is 2.32. The Balaban J connectivity index is -0.000000120. The van der Waals surface area contributed by atoms with Gasteiger partial charge in [-0.1, -0.05) is 0 Å². The summed E-state index contributed by atoms with van der Waals surface area (Å²) in [6, 6.07) is 0.620. The fourth-order valence-corrected chi connectivity index (χ4v) is 0.552. The summed E-state index contributed by atoms with van der Waals surface area (Å²) in [5.74, 6) is 0. The van der Waals surface area contributed by atoms with Crippen molar-refractivity contribution < 1.29 is 32.0 Å². The third kappa shape index (κ3) is 4.00. The Morgan fingerprint density at radius 1 is 0.889 bits per heavy atom. The molecule has 1 aliphatic carbocycles. The second-order valence-corrected chi connectivity index (χ2v) is 1.91. The van der Waals surface area contributed by atoms with Crippen LogP contribution in [0.3, 0.4) is 0 Å².